The topological polar surface area (TPSA) is 29.5 Å². The predicted molar refractivity (Wildman–Crippen MR) is 64.7 cm³/mol. The molecule has 0 aromatic rings. The van der Waals surface area contributed by atoms with E-state index >= 15 is 0 Å². The first-order valence-corrected chi connectivity index (χ1v) is 7.08. The number of hydrogen-bond acceptors (Lipinski definition) is 3. The van der Waals surface area contributed by atoms with Crippen LogP contribution in [0.25, 0.3) is 0 Å². The van der Waals surface area contributed by atoms with Gasteiger partial charge in [0.05, 0.1) is 13.2 Å². The van der Waals surface area contributed by atoms with Crippen molar-refractivity contribution in [2.75, 3.05) is 38.3 Å². The Morgan fingerprint density at radius 1 is 1.53 bits per heavy atom. The lowest BCUT2D eigenvalue weighted by Crippen LogP contribution is -2.44. The van der Waals surface area contributed by atoms with Crippen LogP contribution in [0.4, 0.5) is 0 Å². The molecule has 0 saturated carbocycles. The van der Waals surface area contributed by atoms with E-state index in [9.17, 15) is 4.79 Å². The molecule has 1 amide bonds. The number of carbonyl (C=O) groups excluding carboxylic acids is 1. The fourth-order valence-electron chi connectivity index (χ4n) is 1.51. The van der Waals surface area contributed by atoms with Gasteiger partial charge in [0, 0.05) is 13.1 Å². The van der Waals surface area contributed by atoms with Crippen molar-refractivity contribution in [3.05, 3.63) is 0 Å². The molecule has 1 fully saturated rings. The molecule has 0 bridgehead atoms. The quantitative estimate of drug-likeness (QED) is 0.549. The first kappa shape index (κ1) is 13.1. The molecule has 1 saturated heterocycles. The maximum Gasteiger partial charge on any atom is 0.240 e. The zero-order valence-electron chi connectivity index (χ0n) is 9.08. The van der Waals surface area contributed by atoms with Crippen molar-refractivity contribution >= 4 is 29.3 Å². The normalized spacial score (nSPS) is 18.9. The summed E-state index contributed by atoms with van der Waals surface area (Å²) in [6, 6.07) is 0. The van der Waals surface area contributed by atoms with Crippen LogP contribution in [-0.4, -0.2) is 54.5 Å². The third-order valence-electron chi connectivity index (χ3n) is 2.40. The van der Waals surface area contributed by atoms with Gasteiger partial charge in [-0.2, -0.15) is 11.8 Å². The maximum absolute atomic E-state index is 11.8. The number of thioether (sulfide) groups is 1. The van der Waals surface area contributed by atoms with Crippen molar-refractivity contribution in [2.24, 2.45) is 0 Å². The average molecular weight is 252 g/mol. The summed E-state index contributed by atoms with van der Waals surface area (Å²) < 4.78 is 5.19. The number of morpholine rings is 1. The van der Waals surface area contributed by atoms with E-state index in [-0.39, 0.29) is 11.3 Å². The summed E-state index contributed by atoms with van der Waals surface area (Å²) in [4.78, 5) is 13.6. The van der Waals surface area contributed by atoms with Gasteiger partial charge in [0.2, 0.25) is 5.91 Å². The summed E-state index contributed by atoms with van der Waals surface area (Å²) in [6.45, 7) is 2.65. The van der Waals surface area contributed by atoms with Crippen molar-refractivity contribution in [1.82, 2.24) is 4.90 Å². The van der Waals surface area contributed by atoms with E-state index in [0.717, 1.165) is 18.6 Å². The van der Waals surface area contributed by atoms with Gasteiger partial charge in [0.15, 0.2) is 0 Å². The Hall–Kier alpha value is 0.0700. The Morgan fingerprint density at radius 3 is 2.80 bits per heavy atom. The molecule has 1 atom stereocenters. The van der Waals surface area contributed by atoms with E-state index in [1.807, 2.05) is 0 Å². The Bertz CT molecular complexity index is 198. The molecule has 1 aliphatic rings. The number of hydrogen-bond donors (Lipinski definition) is 0. The lowest BCUT2D eigenvalue weighted by atomic mass is 10.2. The van der Waals surface area contributed by atoms with Crippen LogP contribution >= 0.6 is 23.4 Å². The van der Waals surface area contributed by atoms with Crippen molar-refractivity contribution in [2.45, 2.75) is 18.2 Å². The highest BCUT2D eigenvalue weighted by molar-refractivity contribution is 7.98. The molecule has 0 aromatic heterocycles. The second-order valence-electron chi connectivity index (χ2n) is 3.54. The van der Waals surface area contributed by atoms with Crippen LogP contribution in [0.5, 0.6) is 0 Å². The van der Waals surface area contributed by atoms with Gasteiger partial charge < -0.3 is 9.64 Å². The van der Waals surface area contributed by atoms with Crippen molar-refractivity contribution in [3.8, 4) is 0 Å². The Kier molecular flexibility index (Phi) is 6.45. The van der Waals surface area contributed by atoms with Gasteiger partial charge >= 0.3 is 0 Å². The van der Waals surface area contributed by atoms with Crippen LogP contribution in [0.15, 0.2) is 0 Å². The maximum atomic E-state index is 11.8. The van der Waals surface area contributed by atoms with Crippen molar-refractivity contribution < 1.29 is 9.53 Å². The standard InChI is InChI=1S/C10H18ClNO2S/c1-15-8-2-3-9(11)10(13)12-4-6-14-7-5-12/h9H,2-8H2,1H3. The first-order chi connectivity index (χ1) is 7.25. The van der Waals surface area contributed by atoms with E-state index in [0.29, 0.717) is 26.3 Å². The van der Waals surface area contributed by atoms with Gasteiger partial charge in [0.1, 0.15) is 5.38 Å². The number of rotatable bonds is 5. The molecular formula is C10H18ClNO2S. The highest BCUT2D eigenvalue weighted by Crippen LogP contribution is 2.12. The number of amides is 1. The minimum absolute atomic E-state index is 0.0704. The summed E-state index contributed by atoms with van der Waals surface area (Å²) in [5.74, 6) is 1.14. The van der Waals surface area contributed by atoms with Crippen LogP contribution in [-0.2, 0) is 9.53 Å². The molecule has 15 heavy (non-hydrogen) atoms. The number of halogens is 1. The third kappa shape index (κ3) is 4.62. The molecule has 0 radical (unpaired) electrons. The second-order valence-corrected chi connectivity index (χ2v) is 5.05. The monoisotopic (exact) mass is 251 g/mol. The fraction of sp³-hybridized carbons (Fsp3) is 0.900. The molecule has 1 aliphatic heterocycles. The van der Waals surface area contributed by atoms with Crippen molar-refractivity contribution in [3.63, 3.8) is 0 Å². The SMILES string of the molecule is CSCCCC(Cl)C(=O)N1CCOCC1. The molecule has 0 aliphatic carbocycles. The van der Waals surface area contributed by atoms with Crippen LogP contribution in [0.1, 0.15) is 12.8 Å². The Labute approximate surface area is 100 Å². The fourth-order valence-corrected chi connectivity index (χ4v) is 2.26. The molecule has 0 aromatic carbocycles. The van der Waals surface area contributed by atoms with E-state index in [1.165, 1.54) is 0 Å². The summed E-state index contributed by atoms with van der Waals surface area (Å²) in [5.41, 5.74) is 0. The highest BCUT2D eigenvalue weighted by Gasteiger charge is 2.23. The largest absolute Gasteiger partial charge is 0.378 e. The van der Waals surface area contributed by atoms with E-state index < -0.39 is 0 Å². The van der Waals surface area contributed by atoms with Gasteiger partial charge in [-0.1, -0.05) is 0 Å². The molecule has 0 N–H and O–H groups in total. The molecule has 1 heterocycles. The minimum atomic E-state index is -0.352. The van der Waals surface area contributed by atoms with E-state index in [4.69, 9.17) is 16.3 Å². The van der Waals surface area contributed by atoms with Crippen LogP contribution < -0.4 is 0 Å². The summed E-state index contributed by atoms with van der Waals surface area (Å²) >= 11 is 7.85. The Morgan fingerprint density at radius 2 is 2.20 bits per heavy atom. The van der Waals surface area contributed by atoms with Gasteiger partial charge in [-0.15, -0.1) is 11.6 Å². The zero-order chi connectivity index (χ0) is 11.1. The second kappa shape index (κ2) is 7.36. The lowest BCUT2D eigenvalue weighted by Gasteiger charge is -2.28. The molecule has 1 unspecified atom stereocenters. The molecule has 88 valence electrons. The van der Waals surface area contributed by atoms with Crippen LogP contribution in [0.3, 0.4) is 0 Å². The van der Waals surface area contributed by atoms with Gasteiger partial charge in [-0.3, -0.25) is 4.79 Å². The van der Waals surface area contributed by atoms with Gasteiger partial charge in [-0.05, 0) is 24.9 Å². The molecule has 0 spiro atoms. The summed E-state index contributed by atoms with van der Waals surface area (Å²) in [7, 11) is 0. The summed E-state index contributed by atoms with van der Waals surface area (Å²) in [6.07, 6.45) is 3.84. The van der Waals surface area contributed by atoms with Crippen molar-refractivity contribution in [1.29, 1.82) is 0 Å². The number of ether oxygens (including phenoxy) is 1. The minimum Gasteiger partial charge on any atom is -0.378 e. The van der Waals surface area contributed by atoms with Gasteiger partial charge in [0.25, 0.3) is 0 Å². The first-order valence-electron chi connectivity index (χ1n) is 5.25. The average Bonchev–Trinajstić information content (AvgIpc) is 2.29. The molecular weight excluding hydrogens is 234 g/mol. The number of alkyl halides is 1. The van der Waals surface area contributed by atoms with Crippen LogP contribution in [0.2, 0.25) is 0 Å². The summed E-state index contributed by atoms with van der Waals surface area (Å²) in [5, 5.41) is -0.352. The third-order valence-corrected chi connectivity index (χ3v) is 3.50. The van der Waals surface area contributed by atoms with Crippen LogP contribution in [0, 0.1) is 0 Å². The molecule has 1 rings (SSSR count). The zero-order valence-corrected chi connectivity index (χ0v) is 10.6. The smallest absolute Gasteiger partial charge is 0.240 e. The highest BCUT2D eigenvalue weighted by atomic mass is 35.5. The van der Waals surface area contributed by atoms with E-state index in [1.54, 1.807) is 16.7 Å². The lowest BCUT2D eigenvalue weighted by molar-refractivity contribution is -0.134. The van der Waals surface area contributed by atoms with E-state index in [2.05, 4.69) is 6.26 Å². The Balaban J connectivity index is 2.24. The number of carbonyl (C=O) groups is 1. The van der Waals surface area contributed by atoms with Gasteiger partial charge in [-0.25, -0.2) is 0 Å². The molecule has 3 nitrogen and oxygen atoms in total. The predicted octanol–water partition coefficient (Wildman–Crippen LogP) is 1.60. The molecule has 5 heteroatoms. The number of nitrogens with zero attached hydrogens (tertiary/aromatic N) is 1.